The van der Waals surface area contributed by atoms with Gasteiger partial charge in [0.25, 0.3) is 7.82 Å². The summed E-state index contributed by atoms with van der Waals surface area (Å²) in [4.78, 5) is 181. The number of carbonyl (C=O) groups is 12. The average molecular weight is 1750 g/mol. The van der Waals surface area contributed by atoms with Crippen LogP contribution in [0.25, 0.3) is 16.4 Å². The van der Waals surface area contributed by atoms with E-state index in [1.54, 1.807) is 14.0 Å². The van der Waals surface area contributed by atoms with Crippen molar-refractivity contribution in [1.29, 1.82) is 5.26 Å². The van der Waals surface area contributed by atoms with Crippen LogP contribution in [0.5, 0.6) is 0 Å². The summed E-state index contributed by atoms with van der Waals surface area (Å²) in [6.07, 6.45) is -5.02. The fourth-order valence-electron chi connectivity index (χ4n) is 16.6. The van der Waals surface area contributed by atoms with Crippen LogP contribution in [0.15, 0.2) is 67.8 Å². The van der Waals surface area contributed by atoms with Crippen LogP contribution in [0, 0.1) is 71.0 Å². The summed E-state index contributed by atoms with van der Waals surface area (Å²) in [6.45, 7) is 23.2. The molecule has 1 aromatic heterocycles. The Hall–Kier alpha value is -9.38. The Bertz CT molecular complexity index is 4450. The Morgan fingerprint density at radius 2 is 1.33 bits per heavy atom. The first-order valence-electron chi connectivity index (χ1n) is 38.0. The minimum absolute atomic E-state index is 0. The molecule has 2 unspecified atom stereocenters. The van der Waals surface area contributed by atoms with E-state index in [1.807, 2.05) is 80.5 Å². The summed E-state index contributed by atoms with van der Waals surface area (Å²) < 4.78 is 31.9. The second kappa shape index (κ2) is 42.7. The number of likely N-dealkylation sites (N-methyl/N-ethyl adjacent to an activating group) is 1. The molecule has 7 heterocycles. The first kappa shape index (κ1) is 102. The number of allylic oxidation sites excluding steroid dienone is 6. The molecule has 6 aliphatic heterocycles. The van der Waals surface area contributed by atoms with Crippen LogP contribution in [0.3, 0.4) is 0 Å². The Kier molecular flexibility index (Phi) is 36.6. The van der Waals surface area contributed by atoms with Crippen molar-refractivity contribution in [2.24, 2.45) is 100 Å². The van der Waals surface area contributed by atoms with Crippen molar-refractivity contribution in [2.75, 3.05) is 39.0 Å². The van der Waals surface area contributed by atoms with Crippen LogP contribution >= 0.6 is 20.5 Å². The fourth-order valence-corrected chi connectivity index (χ4v) is 18.0. The maximum atomic E-state index is 14.4. The second-order valence-corrected chi connectivity index (χ2v) is 33.5. The van der Waals surface area contributed by atoms with Crippen LogP contribution in [-0.4, -0.2) is 210 Å². The van der Waals surface area contributed by atoms with E-state index in [1.165, 1.54) is 17.8 Å². The van der Waals surface area contributed by atoms with Crippen molar-refractivity contribution in [3.63, 3.8) is 0 Å². The minimum atomic E-state index is -5.32. The Morgan fingerprint density at radius 3 is 1.85 bits per heavy atom. The van der Waals surface area contributed by atoms with Gasteiger partial charge >= 0.3 is 34.7 Å². The van der Waals surface area contributed by atoms with Crippen molar-refractivity contribution in [1.82, 2.24) is 30.8 Å². The molecule has 8 rings (SSSR count). The number of aliphatic imine (C=N–C) groups is 3. The normalized spacial score (nSPS) is 28.5. The molecule has 23 N–H and O–H groups in total. The number of phosphoric ester groups is 1. The van der Waals surface area contributed by atoms with Gasteiger partial charge in [-0.05, 0) is 132 Å². The number of imidazole rings is 1. The predicted molar refractivity (Wildman–Crippen MR) is 429 cm³/mol. The molecule has 0 saturated carbocycles. The average Bonchev–Trinajstić information content (AvgIpc) is 1.53. The third-order valence-electron chi connectivity index (χ3n) is 23.1. The summed E-state index contributed by atoms with van der Waals surface area (Å²) in [6, 6.07) is 0.504. The van der Waals surface area contributed by atoms with E-state index >= 15 is 0 Å². The first-order chi connectivity index (χ1) is 54.9. The van der Waals surface area contributed by atoms with Crippen LogP contribution in [0.1, 0.15) is 163 Å². The fraction of sp³-hybridized carbons (Fsp3) is 0.618. The van der Waals surface area contributed by atoms with Crippen LogP contribution in [0.2, 0.25) is 0 Å². The SMILES string of the molecule is C/C1=C2N=C(/C=C3N=C(/C(C)=C4\[N-][C@@](C)([C@@H]5N=C1[C@](C)(CCC(=O)NCC(C)OP(=O)([O-])O[C@H]1[C@@H](O)[C@@H](n6cnc7cc(C)c(C)cc76)O[C@@H]1CO)[C@H]5CC(N)=O)[C@@](C)(CC(N)=O)[C@@H]4CCC(N)=O)[C@@](C)(CC(N)=O)[C@@H]\3CCC(N)=O)C(C)(C)[C@@H]/2CCC(N)=O.CNCC(=O)O.N[C@@H](CCC(=O)N[C@@H](CS)C(=O)NCC(=O)O)C(=O)O.[C-]#N.[Co+3]. The molecule has 6 aliphatic rings. The van der Waals surface area contributed by atoms with E-state index in [0.717, 1.165) is 11.1 Å². The van der Waals surface area contributed by atoms with Crippen molar-refractivity contribution >= 4 is 120 Å². The maximum absolute atomic E-state index is 14.4. The zero-order valence-electron chi connectivity index (χ0n) is 68.5. The number of nitrogens with two attached hydrogens (primary N) is 7. The second-order valence-electron chi connectivity index (χ2n) is 31.8. The number of rotatable bonds is 37. The number of hydrogen-bond donors (Lipinski definition) is 17. The first-order valence-corrected chi connectivity index (χ1v) is 40.1. The number of carboxylic acids is 3. The number of nitrogens with zero attached hydrogens (tertiary/aromatic N) is 7. The molecule has 658 valence electrons. The van der Waals surface area contributed by atoms with Crippen LogP contribution < -0.4 is 66.3 Å². The number of benzene rings is 1. The summed E-state index contributed by atoms with van der Waals surface area (Å²) in [5, 5.41) is 68.1. The number of nitrogens with one attached hydrogen (secondary N) is 4. The van der Waals surface area contributed by atoms with Gasteiger partial charge in [0.05, 0.1) is 36.6 Å². The number of carbonyl (C=O) groups excluding carboxylic acids is 9. The largest absolute Gasteiger partial charge is 3.00 e. The molecule has 43 heteroatoms. The summed E-state index contributed by atoms with van der Waals surface area (Å²) in [7, 11) is -3.73. The molecule has 0 spiro atoms. The number of fused-ring (bicyclic) bond motifs is 7. The molecule has 2 aromatic rings. The molecule has 8 bridgehead atoms. The topological polar surface area (TPSA) is 697 Å². The molecule has 40 nitrogen and oxygen atoms in total. The van der Waals surface area contributed by atoms with Gasteiger partial charge in [-0.25, -0.2) is 4.98 Å². The number of ether oxygens (including phenoxy) is 1. The quantitative estimate of drug-likeness (QED) is 0.0249. The molecule has 2 fully saturated rings. The standard InChI is InChI=1S/C62H90N13O14P.C10H17N3O6S.C3H7NO2.CN.Co/c1-29-20-39-40(21-30(29)2)75(28-70-39)57-52(84)53(41(27-76)87-57)89-90(85,86)88-31(3)26-69-49(83)18-19-59(8)37(22-46(66)80)56-62(11)61(10,25-48(68)82)36(14-17-45(65)79)51(74-62)33(5)55-60(9,24-47(67)81)34(12-15-43(63)77)38(71-55)23-42-58(6,7)35(13-16-44(64)78)50(72-42)32(4)54(59)73-56;11-5(10(18)19)1-2-7(14)13-6(4-20)9(17)12-3-8(15)16;1-4-2-3(5)6;1-2;/h20-21,23,28,31,34-37,41,52-53,56-57,76,84H,12-19,22,24-27H2,1-11H3,(H15,63,64,65,66,67,68,69,71,72,73,74,77,78,79,80,81,82,83,85,86);5-6,20H,1-4,11H2,(H,12,17)(H,13,14)(H,15,16)(H,18,19);4H,2H2,1H3,(H,5,6);;/q;;;-1;+3/p-2/t31?,34-,35-,36-,37+,41-,52-,53-,56-,57+,59-,60+,61+,62+;5-,6-;;;/m10.../s1. The summed E-state index contributed by atoms with van der Waals surface area (Å²) in [5.41, 5.74) is 41.9. The molecule has 0 aliphatic carbocycles. The number of phosphoric acid groups is 1. The van der Waals surface area contributed by atoms with Gasteiger partial charge in [-0.2, -0.15) is 18.3 Å². The van der Waals surface area contributed by atoms with Gasteiger partial charge in [-0.1, -0.05) is 47.1 Å². The maximum Gasteiger partial charge on any atom is 3.00 e. The van der Waals surface area contributed by atoms with Gasteiger partial charge in [0.1, 0.15) is 36.9 Å². The van der Waals surface area contributed by atoms with Gasteiger partial charge in [0.15, 0.2) is 6.23 Å². The predicted octanol–water partition coefficient (Wildman–Crippen LogP) is 0.494. The number of aliphatic hydroxyl groups excluding tert-OH is 2. The number of carboxylic acid groups (broad SMARTS) is 3. The van der Waals surface area contributed by atoms with E-state index < -0.39 is 192 Å². The van der Waals surface area contributed by atoms with Gasteiger partial charge in [0.2, 0.25) is 53.2 Å². The van der Waals surface area contributed by atoms with Crippen molar-refractivity contribution in [3.8, 4) is 0 Å². The van der Waals surface area contributed by atoms with Gasteiger partial charge in [-0.15, -0.1) is 0 Å². The summed E-state index contributed by atoms with van der Waals surface area (Å²) >= 11 is 3.87. The minimum Gasteiger partial charge on any atom is -0.756 e. The number of aliphatic carboxylic acids is 3. The summed E-state index contributed by atoms with van der Waals surface area (Å²) in [5.74, 6) is -11.9. The van der Waals surface area contributed by atoms with Crippen molar-refractivity contribution in [2.45, 2.75) is 214 Å². The smallest absolute Gasteiger partial charge is 0.756 e. The molecule has 9 amide bonds. The Labute approximate surface area is 704 Å². The van der Waals surface area contributed by atoms with E-state index in [4.69, 9.17) is 101 Å². The molecular formula is C76H112CoN18O22PS. The molecule has 0 radical (unpaired) electrons. The zero-order chi connectivity index (χ0) is 89.4. The van der Waals surface area contributed by atoms with Crippen molar-refractivity contribution < 1.29 is 123 Å². The number of hydrogen-bond acceptors (Lipinski definition) is 27. The third-order valence-corrected chi connectivity index (χ3v) is 24.5. The van der Waals surface area contributed by atoms with Crippen molar-refractivity contribution in [3.05, 3.63) is 75.8 Å². The van der Waals surface area contributed by atoms with Gasteiger partial charge < -0.3 is 127 Å². The number of amides is 9. The molecule has 119 heavy (non-hydrogen) atoms. The Morgan fingerprint density at radius 1 is 0.756 bits per heavy atom. The monoisotopic (exact) mass is 1750 g/mol. The Balaban J connectivity index is 0.000000876. The number of thiol groups is 1. The molecule has 1 aromatic carbocycles. The van der Waals surface area contributed by atoms with E-state index in [2.05, 4.69) is 38.9 Å². The number of aliphatic hydroxyl groups is 2. The number of aromatic nitrogens is 2. The number of primary amides is 6. The molecule has 17 atom stereocenters. The number of aryl methyl sites for hydroxylation is 2. The molecule has 2 saturated heterocycles. The molecular weight excluding hydrogens is 1640 g/mol. The van der Waals surface area contributed by atoms with Gasteiger partial charge in [0, 0.05) is 126 Å². The van der Waals surface area contributed by atoms with Gasteiger partial charge in [-0.3, -0.25) is 77.1 Å². The van der Waals surface area contributed by atoms with E-state index in [0.29, 0.717) is 56.4 Å². The van der Waals surface area contributed by atoms with Crippen LogP contribution in [0.4, 0.5) is 0 Å². The van der Waals surface area contributed by atoms with Crippen LogP contribution in [-0.2, 0) is 92.7 Å². The van der Waals surface area contributed by atoms with E-state index in [9.17, 15) is 77.2 Å². The third kappa shape index (κ3) is 24.5. The van der Waals surface area contributed by atoms with E-state index in [-0.39, 0.29) is 119 Å². The zero-order valence-corrected chi connectivity index (χ0v) is 71.4.